The van der Waals surface area contributed by atoms with E-state index in [1.165, 1.54) is 16.7 Å². The van der Waals surface area contributed by atoms with Crippen LogP contribution in [0.15, 0.2) is 34.3 Å². The van der Waals surface area contributed by atoms with Crippen LogP contribution in [0.1, 0.15) is 28.1 Å². The average Bonchev–Trinajstić information content (AvgIpc) is 2.80. The van der Waals surface area contributed by atoms with Gasteiger partial charge in [0.25, 0.3) is 0 Å². The molecule has 0 atom stereocenters. The Balaban J connectivity index is 0.000000816. The molecule has 0 unspecified atom stereocenters. The first-order valence-corrected chi connectivity index (χ1v) is 10.0. The number of aryl methyl sites for hydroxylation is 3. The fourth-order valence-electron chi connectivity index (χ4n) is 2.44. The van der Waals surface area contributed by atoms with Crippen LogP contribution in [0, 0.1) is 20.8 Å². The molecule has 6 heteroatoms. The predicted molar refractivity (Wildman–Crippen MR) is 98.5 cm³/mol. The fourth-order valence-corrected chi connectivity index (χ4v) is 2.44. The topological polar surface area (TPSA) is 29.6 Å². The molecule has 0 aliphatic heterocycles. The molecule has 1 aromatic carbocycles. The van der Waals surface area contributed by atoms with Crippen molar-refractivity contribution in [2.24, 2.45) is 17.0 Å². The molecular formula is C17H21Cl2FeN3. The maximum absolute atomic E-state index is 4.76. The minimum atomic E-state index is 0.194. The number of aliphatic imine (C=N–C) groups is 2. The second kappa shape index (κ2) is 9.94. The summed E-state index contributed by atoms with van der Waals surface area (Å²) in [6, 6.07) is 8.43. The van der Waals surface area contributed by atoms with Gasteiger partial charge in [0, 0.05) is 20.3 Å². The van der Waals surface area contributed by atoms with Crippen molar-refractivity contribution in [3.8, 4) is 0 Å². The van der Waals surface area contributed by atoms with E-state index in [1.807, 2.05) is 25.5 Å². The molecule has 0 spiro atoms. The summed E-state index contributed by atoms with van der Waals surface area (Å²) in [4.78, 5) is 8.71. The Hall–Kier alpha value is -1.06. The SMILES string of the molecule is CN=Cc1ccc(C=Nc2c(C)cc(C)cc2C)n1C.[Cl][Fe][Cl]. The first kappa shape index (κ1) is 20.0. The number of benzene rings is 1. The van der Waals surface area contributed by atoms with Gasteiger partial charge in [-0.3, -0.25) is 9.98 Å². The monoisotopic (exact) mass is 393 g/mol. The summed E-state index contributed by atoms with van der Waals surface area (Å²) in [6.07, 6.45) is 3.76. The van der Waals surface area contributed by atoms with Gasteiger partial charge in [-0.05, 0) is 44.0 Å². The molecule has 0 amide bonds. The van der Waals surface area contributed by atoms with Crippen LogP contribution in [0.25, 0.3) is 0 Å². The van der Waals surface area contributed by atoms with E-state index in [0.29, 0.717) is 0 Å². The predicted octanol–water partition coefficient (Wildman–Crippen LogP) is 5.13. The van der Waals surface area contributed by atoms with Crippen molar-refractivity contribution in [2.45, 2.75) is 20.8 Å². The molecular weight excluding hydrogens is 373 g/mol. The van der Waals surface area contributed by atoms with Gasteiger partial charge in [0.05, 0.1) is 23.3 Å². The van der Waals surface area contributed by atoms with Crippen molar-refractivity contribution in [1.82, 2.24) is 4.57 Å². The number of nitrogens with zero attached hydrogens (tertiary/aromatic N) is 3. The van der Waals surface area contributed by atoms with E-state index in [0.717, 1.165) is 17.1 Å². The number of hydrogen-bond acceptors (Lipinski definition) is 2. The Morgan fingerprint density at radius 1 is 1.00 bits per heavy atom. The van der Waals surface area contributed by atoms with Crippen LogP contribution in [0.4, 0.5) is 5.69 Å². The van der Waals surface area contributed by atoms with Crippen LogP contribution in [0.3, 0.4) is 0 Å². The summed E-state index contributed by atoms with van der Waals surface area (Å²) in [6.45, 7) is 6.32. The molecule has 0 fully saturated rings. The summed E-state index contributed by atoms with van der Waals surface area (Å²) in [5, 5.41) is 0. The summed E-state index contributed by atoms with van der Waals surface area (Å²) in [5.41, 5.74) is 6.90. The minimum absolute atomic E-state index is 0.194. The van der Waals surface area contributed by atoms with E-state index in [-0.39, 0.29) is 13.1 Å². The zero-order valence-electron chi connectivity index (χ0n) is 13.9. The fraction of sp³-hybridized carbons (Fsp3) is 0.294. The Kier molecular flexibility index (Phi) is 8.64. The molecule has 0 radical (unpaired) electrons. The van der Waals surface area contributed by atoms with Gasteiger partial charge >= 0.3 is 33.3 Å². The molecule has 1 heterocycles. The van der Waals surface area contributed by atoms with Gasteiger partial charge in [-0.25, -0.2) is 0 Å². The van der Waals surface area contributed by atoms with Gasteiger partial charge in [0.15, 0.2) is 0 Å². The normalized spacial score (nSPS) is 11.3. The van der Waals surface area contributed by atoms with Crippen molar-refractivity contribution < 1.29 is 13.1 Å². The first-order valence-electron chi connectivity index (χ1n) is 6.99. The summed E-state index contributed by atoms with van der Waals surface area (Å²) in [7, 11) is 13.3. The molecule has 1 aromatic heterocycles. The Morgan fingerprint density at radius 2 is 1.48 bits per heavy atom. The van der Waals surface area contributed by atoms with E-state index < -0.39 is 0 Å². The van der Waals surface area contributed by atoms with Crippen LogP contribution >= 0.6 is 20.2 Å². The van der Waals surface area contributed by atoms with Crippen molar-refractivity contribution in [3.63, 3.8) is 0 Å². The Labute approximate surface area is 153 Å². The van der Waals surface area contributed by atoms with E-state index in [9.17, 15) is 0 Å². The zero-order chi connectivity index (χ0) is 17.4. The van der Waals surface area contributed by atoms with Crippen molar-refractivity contribution in [2.75, 3.05) is 7.05 Å². The summed E-state index contributed by atoms with van der Waals surface area (Å²) < 4.78 is 2.08. The quantitative estimate of drug-likeness (QED) is 0.511. The molecule has 126 valence electrons. The van der Waals surface area contributed by atoms with Crippen LogP contribution in [0.2, 0.25) is 0 Å². The Bertz CT molecular complexity index is 683. The third-order valence-corrected chi connectivity index (χ3v) is 3.42. The third-order valence-electron chi connectivity index (χ3n) is 3.42. The van der Waals surface area contributed by atoms with Crippen LogP contribution in [0.5, 0.6) is 0 Å². The van der Waals surface area contributed by atoms with Gasteiger partial charge in [-0.2, -0.15) is 0 Å². The van der Waals surface area contributed by atoms with E-state index >= 15 is 0 Å². The molecule has 23 heavy (non-hydrogen) atoms. The van der Waals surface area contributed by atoms with Crippen molar-refractivity contribution >= 4 is 38.3 Å². The van der Waals surface area contributed by atoms with Gasteiger partial charge in [0.1, 0.15) is 0 Å². The van der Waals surface area contributed by atoms with E-state index in [2.05, 4.69) is 53.5 Å². The molecule has 0 bridgehead atoms. The third kappa shape index (κ3) is 5.82. The number of hydrogen-bond donors (Lipinski definition) is 0. The molecule has 3 nitrogen and oxygen atoms in total. The van der Waals surface area contributed by atoms with Crippen LogP contribution in [-0.2, 0) is 20.2 Å². The molecule has 0 aliphatic rings. The van der Waals surface area contributed by atoms with Gasteiger partial charge in [-0.1, -0.05) is 17.7 Å². The standard InChI is InChI=1S/C17H21N3.2ClH.Fe/c1-12-8-13(2)17(14(3)9-12)19-11-16-7-6-15(10-18-4)20(16)5;;;/h6-11H,1-5H3;2*1H;/q;;;+2/p-2. The first-order chi connectivity index (χ1) is 10.9. The molecule has 0 saturated heterocycles. The maximum atomic E-state index is 4.76. The number of aromatic nitrogens is 1. The second-order valence-corrected chi connectivity index (χ2v) is 7.01. The van der Waals surface area contributed by atoms with Crippen molar-refractivity contribution in [3.05, 3.63) is 52.3 Å². The van der Waals surface area contributed by atoms with Gasteiger partial charge < -0.3 is 4.57 Å². The molecule has 2 rings (SSSR count). The molecule has 2 aromatic rings. The van der Waals surface area contributed by atoms with Crippen LogP contribution < -0.4 is 0 Å². The summed E-state index contributed by atoms with van der Waals surface area (Å²) in [5.74, 6) is 0. The number of rotatable bonds is 3. The van der Waals surface area contributed by atoms with Gasteiger partial charge in [0.2, 0.25) is 0 Å². The molecule has 0 N–H and O–H groups in total. The van der Waals surface area contributed by atoms with E-state index in [1.54, 1.807) is 7.05 Å². The van der Waals surface area contributed by atoms with Crippen molar-refractivity contribution in [1.29, 1.82) is 0 Å². The zero-order valence-corrected chi connectivity index (χ0v) is 16.5. The average molecular weight is 394 g/mol. The molecule has 0 saturated carbocycles. The summed E-state index contributed by atoms with van der Waals surface area (Å²) >= 11 is 0.194. The van der Waals surface area contributed by atoms with E-state index in [4.69, 9.17) is 20.2 Å². The molecule has 0 aliphatic carbocycles. The van der Waals surface area contributed by atoms with Gasteiger partial charge in [-0.15, -0.1) is 0 Å². The second-order valence-electron chi connectivity index (χ2n) is 5.19. The van der Waals surface area contributed by atoms with Crippen LogP contribution in [-0.4, -0.2) is 24.0 Å². The Morgan fingerprint density at radius 3 is 1.96 bits per heavy atom. The number of halogens is 2.